The van der Waals surface area contributed by atoms with E-state index in [9.17, 15) is 9.59 Å². The van der Waals surface area contributed by atoms with Crippen LogP contribution in [0.4, 0.5) is 0 Å². The Hall–Kier alpha value is -0.860. The normalized spacial score (nSPS) is 29.9. The summed E-state index contributed by atoms with van der Waals surface area (Å²) in [6.45, 7) is 4.35. The molecule has 3 nitrogen and oxygen atoms in total. The molecular weight excluding hydrogens is 226 g/mol. The lowest BCUT2D eigenvalue weighted by molar-refractivity contribution is -0.142. The highest BCUT2D eigenvalue weighted by atomic mass is 16.2. The van der Waals surface area contributed by atoms with Crippen LogP contribution in [0.15, 0.2) is 0 Å². The molecule has 1 aliphatic carbocycles. The van der Waals surface area contributed by atoms with Gasteiger partial charge < -0.3 is 0 Å². The zero-order valence-electron chi connectivity index (χ0n) is 11.6. The minimum atomic E-state index is -0.0638. The van der Waals surface area contributed by atoms with Gasteiger partial charge in [0, 0.05) is 12.3 Å². The van der Waals surface area contributed by atoms with Crippen molar-refractivity contribution in [3.8, 4) is 0 Å². The van der Waals surface area contributed by atoms with Crippen molar-refractivity contribution in [1.82, 2.24) is 5.32 Å². The van der Waals surface area contributed by atoms with Crippen LogP contribution in [-0.4, -0.2) is 11.8 Å². The van der Waals surface area contributed by atoms with Crippen molar-refractivity contribution in [2.45, 2.75) is 58.8 Å². The van der Waals surface area contributed by atoms with Gasteiger partial charge in [0.2, 0.25) is 11.8 Å². The van der Waals surface area contributed by atoms with Crippen LogP contribution in [0.5, 0.6) is 0 Å². The van der Waals surface area contributed by atoms with Gasteiger partial charge in [-0.3, -0.25) is 14.9 Å². The lowest BCUT2D eigenvalue weighted by atomic mass is 9.69. The first-order valence-corrected chi connectivity index (χ1v) is 7.51. The molecule has 1 saturated heterocycles. The van der Waals surface area contributed by atoms with Crippen LogP contribution in [0, 0.1) is 23.7 Å². The quantitative estimate of drug-likeness (QED) is 0.781. The molecule has 2 unspecified atom stereocenters. The Morgan fingerprint density at radius 1 is 1.17 bits per heavy atom. The molecule has 2 fully saturated rings. The fourth-order valence-electron chi connectivity index (χ4n) is 4.04. The van der Waals surface area contributed by atoms with Crippen molar-refractivity contribution in [2.75, 3.05) is 0 Å². The molecule has 2 rings (SSSR count). The molecule has 0 bridgehead atoms. The number of nitrogens with one attached hydrogen (secondary N) is 1. The molecule has 2 aliphatic rings. The van der Waals surface area contributed by atoms with Crippen LogP contribution in [0.1, 0.15) is 58.8 Å². The van der Waals surface area contributed by atoms with Crippen molar-refractivity contribution in [2.24, 2.45) is 23.7 Å². The minimum Gasteiger partial charge on any atom is -0.296 e. The van der Waals surface area contributed by atoms with E-state index in [-0.39, 0.29) is 23.7 Å². The third kappa shape index (κ3) is 2.60. The van der Waals surface area contributed by atoms with Crippen LogP contribution in [0.25, 0.3) is 0 Å². The summed E-state index contributed by atoms with van der Waals surface area (Å²) in [5.41, 5.74) is 0. The topological polar surface area (TPSA) is 46.2 Å². The SMILES string of the molecule is CCC(CC)C1CC(=O)NC(=O)C1C1CCCC1. The number of hydrogen-bond donors (Lipinski definition) is 1. The fourth-order valence-corrected chi connectivity index (χ4v) is 4.04. The van der Waals surface area contributed by atoms with E-state index in [4.69, 9.17) is 0 Å². The standard InChI is InChI=1S/C15H25NO2/c1-3-10(4-2)12-9-13(17)16-15(18)14(12)11-7-5-6-8-11/h10-12,14H,3-9H2,1-2H3,(H,16,17,18). The maximum Gasteiger partial charge on any atom is 0.230 e. The first-order chi connectivity index (χ1) is 8.67. The summed E-state index contributed by atoms with van der Waals surface area (Å²) in [5, 5.41) is 2.56. The van der Waals surface area contributed by atoms with E-state index in [0.717, 1.165) is 12.8 Å². The molecule has 1 aliphatic heterocycles. The summed E-state index contributed by atoms with van der Waals surface area (Å²) < 4.78 is 0. The molecule has 102 valence electrons. The molecule has 1 heterocycles. The van der Waals surface area contributed by atoms with Crippen LogP contribution in [0.3, 0.4) is 0 Å². The van der Waals surface area contributed by atoms with E-state index in [1.807, 2.05) is 0 Å². The molecule has 3 heteroatoms. The predicted molar refractivity (Wildman–Crippen MR) is 70.8 cm³/mol. The molecule has 0 aromatic rings. The summed E-state index contributed by atoms with van der Waals surface area (Å²) in [6, 6.07) is 0. The fraction of sp³-hybridized carbons (Fsp3) is 0.867. The van der Waals surface area contributed by atoms with Gasteiger partial charge in [0.05, 0.1) is 0 Å². The molecule has 1 saturated carbocycles. The van der Waals surface area contributed by atoms with E-state index >= 15 is 0 Å². The smallest absolute Gasteiger partial charge is 0.230 e. The van der Waals surface area contributed by atoms with Gasteiger partial charge in [-0.25, -0.2) is 0 Å². The maximum absolute atomic E-state index is 12.2. The summed E-state index contributed by atoms with van der Waals surface area (Å²) in [4.78, 5) is 23.9. The Morgan fingerprint density at radius 3 is 2.33 bits per heavy atom. The molecule has 2 amide bonds. The molecule has 0 spiro atoms. The van der Waals surface area contributed by atoms with E-state index < -0.39 is 0 Å². The molecule has 0 radical (unpaired) electrons. The van der Waals surface area contributed by atoms with Gasteiger partial charge in [0.1, 0.15) is 0 Å². The molecule has 1 N–H and O–H groups in total. The minimum absolute atomic E-state index is 0.00931. The van der Waals surface area contributed by atoms with Gasteiger partial charge in [0.25, 0.3) is 0 Å². The van der Waals surface area contributed by atoms with Crippen molar-refractivity contribution >= 4 is 11.8 Å². The predicted octanol–water partition coefficient (Wildman–Crippen LogP) is 2.89. The second kappa shape index (κ2) is 5.85. The van der Waals surface area contributed by atoms with Gasteiger partial charge in [-0.15, -0.1) is 0 Å². The molecule has 2 atom stereocenters. The van der Waals surface area contributed by atoms with Gasteiger partial charge in [-0.1, -0.05) is 39.5 Å². The number of hydrogen-bond acceptors (Lipinski definition) is 2. The highest BCUT2D eigenvalue weighted by Gasteiger charge is 2.43. The van der Waals surface area contributed by atoms with Crippen molar-refractivity contribution in [3.63, 3.8) is 0 Å². The molecule has 18 heavy (non-hydrogen) atoms. The van der Waals surface area contributed by atoms with Crippen LogP contribution in [0.2, 0.25) is 0 Å². The maximum atomic E-state index is 12.2. The number of piperidine rings is 1. The number of carbonyl (C=O) groups is 2. The van der Waals surface area contributed by atoms with E-state index in [0.29, 0.717) is 18.3 Å². The number of carbonyl (C=O) groups excluding carboxylic acids is 2. The first kappa shape index (κ1) is 13.6. The lowest BCUT2D eigenvalue weighted by Gasteiger charge is -2.38. The Morgan fingerprint density at radius 2 is 1.78 bits per heavy atom. The van der Waals surface area contributed by atoms with Gasteiger partial charge >= 0.3 is 0 Å². The average Bonchev–Trinajstić information content (AvgIpc) is 2.83. The zero-order chi connectivity index (χ0) is 13.1. The van der Waals surface area contributed by atoms with Crippen LogP contribution in [-0.2, 0) is 9.59 Å². The number of amides is 2. The third-order valence-electron chi connectivity index (χ3n) is 5.01. The van der Waals surface area contributed by atoms with E-state index in [2.05, 4.69) is 19.2 Å². The van der Waals surface area contributed by atoms with Gasteiger partial charge in [-0.2, -0.15) is 0 Å². The molecular formula is C15H25NO2. The summed E-state index contributed by atoms with van der Waals surface area (Å²) in [7, 11) is 0. The second-order valence-electron chi connectivity index (χ2n) is 5.93. The molecule has 0 aromatic carbocycles. The average molecular weight is 251 g/mol. The second-order valence-corrected chi connectivity index (χ2v) is 5.93. The monoisotopic (exact) mass is 251 g/mol. The van der Waals surface area contributed by atoms with Gasteiger partial charge in [-0.05, 0) is 30.6 Å². The Kier molecular flexibility index (Phi) is 4.41. The van der Waals surface area contributed by atoms with Crippen molar-refractivity contribution < 1.29 is 9.59 Å². The zero-order valence-corrected chi connectivity index (χ0v) is 11.6. The largest absolute Gasteiger partial charge is 0.296 e. The van der Waals surface area contributed by atoms with Crippen LogP contribution >= 0.6 is 0 Å². The lowest BCUT2D eigenvalue weighted by Crippen LogP contribution is -2.50. The Bertz CT molecular complexity index is 316. The van der Waals surface area contributed by atoms with E-state index in [1.165, 1.54) is 25.7 Å². The van der Waals surface area contributed by atoms with E-state index in [1.54, 1.807) is 0 Å². The van der Waals surface area contributed by atoms with Crippen LogP contribution < -0.4 is 5.32 Å². The molecule has 0 aromatic heterocycles. The summed E-state index contributed by atoms with van der Waals surface area (Å²) in [5.74, 6) is 1.36. The third-order valence-corrected chi connectivity index (χ3v) is 5.01. The highest BCUT2D eigenvalue weighted by molar-refractivity contribution is 5.99. The Labute approximate surface area is 110 Å². The summed E-state index contributed by atoms with van der Waals surface area (Å²) >= 11 is 0. The Balaban J connectivity index is 2.19. The summed E-state index contributed by atoms with van der Waals surface area (Å²) in [6.07, 6.45) is 7.54. The number of rotatable bonds is 4. The van der Waals surface area contributed by atoms with Gasteiger partial charge in [0.15, 0.2) is 0 Å². The van der Waals surface area contributed by atoms with Crippen molar-refractivity contribution in [3.05, 3.63) is 0 Å². The highest BCUT2D eigenvalue weighted by Crippen LogP contribution is 2.42. The number of imide groups is 1. The first-order valence-electron chi connectivity index (χ1n) is 7.51. The van der Waals surface area contributed by atoms with Crippen molar-refractivity contribution in [1.29, 1.82) is 0 Å².